The molecule has 3 nitrogen and oxygen atoms in total. The van der Waals surface area contributed by atoms with E-state index in [2.05, 4.69) is 20.0 Å². The minimum Gasteiger partial charge on any atom is -0.551 e. The van der Waals surface area contributed by atoms with Crippen LogP contribution >= 0.6 is 0 Å². The molecule has 0 N–H and O–H groups in total. The van der Waals surface area contributed by atoms with Crippen LogP contribution in [0, 0.1) is 17.3 Å². The third kappa shape index (κ3) is 2.38. The molecule has 4 unspecified atom stereocenters. The van der Waals surface area contributed by atoms with Crippen LogP contribution in [0.4, 0.5) is 0 Å². The molecule has 19 heavy (non-hydrogen) atoms. The van der Waals surface area contributed by atoms with Crippen LogP contribution in [0.15, 0.2) is 11.6 Å². The van der Waals surface area contributed by atoms with Crippen molar-refractivity contribution in [2.24, 2.45) is 17.3 Å². The van der Waals surface area contributed by atoms with Crippen molar-refractivity contribution < 1.29 is 14.0 Å². The summed E-state index contributed by atoms with van der Waals surface area (Å²) >= 11 is 0. The number of Topliss-reactive ketones (excluding diaryl/α,β-unsaturated/α-hetero) is 1. The predicted octanol–water partition coefficient (Wildman–Crippen LogP) is 1.70. The van der Waals surface area contributed by atoms with E-state index in [1.807, 2.05) is 0 Å². The topological polar surface area (TPSA) is 43.4 Å². The summed E-state index contributed by atoms with van der Waals surface area (Å²) in [5, 5.41) is 0. The molecule has 0 spiro atoms. The van der Waals surface area contributed by atoms with Crippen molar-refractivity contribution in [1.82, 2.24) is 0 Å². The normalized spacial score (nSPS) is 38.2. The van der Waals surface area contributed by atoms with E-state index < -0.39 is 5.92 Å². The molecule has 0 bridgehead atoms. The van der Waals surface area contributed by atoms with E-state index >= 15 is 0 Å². The Kier molecular flexibility index (Phi) is 3.90. The maximum Gasteiger partial charge on any atom is 0.208 e. The average molecular weight is 278 g/mol. The molecule has 2 aliphatic carbocycles. The Hall–Kier alpha value is -1.03. The van der Waals surface area contributed by atoms with Gasteiger partial charge in [-0.2, -0.15) is 0 Å². The highest BCUT2D eigenvalue weighted by molar-refractivity contribution is 6.33. The van der Waals surface area contributed by atoms with Crippen LogP contribution in [0.1, 0.15) is 40.0 Å². The van der Waals surface area contributed by atoms with E-state index in [4.69, 9.17) is 4.43 Å². The van der Waals surface area contributed by atoms with Gasteiger partial charge in [-0.1, -0.05) is 25.6 Å². The van der Waals surface area contributed by atoms with Gasteiger partial charge < -0.3 is 4.43 Å². The minimum absolute atomic E-state index is 0.00525. The zero-order valence-electron chi connectivity index (χ0n) is 11.9. The van der Waals surface area contributed by atoms with E-state index in [1.54, 1.807) is 6.08 Å². The van der Waals surface area contributed by atoms with Crippen LogP contribution in [0.25, 0.3) is 0 Å². The minimum atomic E-state index is -0.456. The number of hydrogen-bond donors (Lipinski definition) is 0. The van der Waals surface area contributed by atoms with Crippen molar-refractivity contribution in [1.29, 1.82) is 0 Å². The lowest BCUT2D eigenvalue weighted by molar-refractivity contribution is -0.132. The summed E-state index contributed by atoms with van der Waals surface area (Å²) in [4.78, 5) is 23.7. The molecule has 4 heteroatoms. The van der Waals surface area contributed by atoms with Crippen molar-refractivity contribution in [2.45, 2.75) is 46.1 Å². The molecular weight excluding hydrogens is 256 g/mol. The predicted molar refractivity (Wildman–Crippen MR) is 77.5 cm³/mol. The van der Waals surface area contributed by atoms with E-state index in [-0.39, 0.29) is 32.5 Å². The summed E-state index contributed by atoms with van der Waals surface area (Å²) in [5.74, 6) is -0.146. The first kappa shape index (κ1) is 14.4. The van der Waals surface area contributed by atoms with Gasteiger partial charge in [-0.25, -0.2) is 0 Å². The maximum atomic E-state index is 12.0. The lowest BCUT2D eigenvalue weighted by Gasteiger charge is -2.49. The third-order valence-corrected chi connectivity index (χ3v) is 5.59. The summed E-state index contributed by atoms with van der Waals surface area (Å²) in [5.41, 5.74) is 1.13. The van der Waals surface area contributed by atoms with Crippen LogP contribution in [-0.2, 0) is 14.0 Å². The lowest BCUT2D eigenvalue weighted by atomic mass is 9.57. The van der Waals surface area contributed by atoms with Gasteiger partial charge in [0.1, 0.15) is 5.78 Å². The highest BCUT2D eigenvalue weighted by atomic mass is 28.2. The van der Waals surface area contributed by atoms with E-state index in [0.717, 1.165) is 12.8 Å². The van der Waals surface area contributed by atoms with Gasteiger partial charge in [-0.15, -0.1) is 0 Å². The summed E-state index contributed by atoms with van der Waals surface area (Å²) in [6.07, 6.45) is 8.29. The summed E-state index contributed by atoms with van der Waals surface area (Å²) in [6.45, 7) is 5.88. The Morgan fingerprint density at radius 3 is 2.84 bits per heavy atom. The summed E-state index contributed by atoms with van der Waals surface area (Å²) in [7, 11) is -0.211. The van der Waals surface area contributed by atoms with Crippen LogP contribution in [0.5, 0.6) is 0 Å². The van der Waals surface area contributed by atoms with Crippen molar-refractivity contribution in [3.8, 4) is 0 Å². The Bertz CT molecular complexity index is 454. The van der Waals surface area contributed by atoms with Crippen molar-refractivity contribution >= 4 is 27.1 Å². The second-order valence-corrected chi connectivity index (χ2v) is 6.63. The van der Waals surface area contributed by atoms with Crippen molar-refractivity contribution in [2.75, 3.05) is 0 Å². The molecule has 0 heterocycles. The summed E-state index contributed by atoms with van der Waals surface area (Å²) in [6, 6.07) is 0. The fourth-order valence-electron chi connectivity index (χ4n) is 3.54. The fraction of sp³-hybridized carbons (Fsp3) is 0.667. The Morgan fingerprint density at radius 1 is 1.58 bits per heavy atom. The maximum absolute atomic E-state index is 12.0. The highest BCUT2D eigenvalue weighted by Crippen LogP contribution is 2.52. The first-order valence-corrected chi connectivity index (χ1v) is 8.20. The van der Waals surface area contributed by atoms with Gasteiger partial charge in [-0.05, 0) is 37.7 Å². The molecule has 0 amide bonds. The molecule has 4 atom stereocenters. The molecule has 0 radical (unpaired) electrons. The molecule has 2 rings (SSSR count). The number of allylic oxidation sites excluding steroid dienone is 2. The molecule has 0 aromatic heterocycles. The molecule has 0 aromatic carbocycles. The molecule has 104 valence electrons. The van der Waals surface area contributed by atoms with Gasteiger partial charge in [-0.3, -0.25) is 9.59 Å². The fourth-order valence-corrected chi connectivity index (χ4v) is 4.16. The monoisotopic (exact) mass is 278 g/mol. The van der Waals surface area contributed by atoms with Gasteiger partial charge in [0.2, 0.25) is 9.38 Å². The Morgan fingerprint density at radius 2 is 2.26 bits per heavy atom. The van der Waals surface area contributed by atoms with Crippen LogP contribution in [-0.4, -0.2) is 33.2 Å². The molecule has 0 aliphatic heterocycles. The van der Waals surface area contributed by atoms with Crippen LogP contribution in [0.2, 0.25) is 0 Å². The number of ketones is 2. The molecule has 0 aromatic rings. The van der Waals surface area contributed by atoms with Crippen LogP contribution in [0.3, 0.4) is 0 Å². The average Bonchev–Trinajstić information content (AvgIpc) is 2.35. The van der Waals surface area contributed by atoms with Gasteiger partial charge in [0.15, 0.2) is 5.78 Å². The molecule has 1 saturated carbocycles. The van der Waals surface area contributed by atoms with E-state index in [9.17, 15) is 9.59 Å². The second kappa shape index (κ2) is 5.16. The standard InChI is InChI=1S/C15H22O3Si/c1-9-14(18-19-4)6-5-11-7-13(17)12(10(2)16)8-15(9,11)3/h7,9,12,14,19H,4-6,8H2,1-3H3. The number of fused-ring (bicyclic) bond motifs is 1. The smallest absolute Gasteiger partial charge is 0.208 e. The second-order valence-electron chi connectivity index (χ2n) is 6.03. The number of hydrogen-bond acceptors (Lipinski definition) is 3. The molecule has 0 saturated heterocycles. The SMILES string of the molecule is C=[SiH]OC1CCC2=CC(=O)C(C(C)=O)CC2(C)C1C. The zero-order chi connectivity index (χ0) is 14.2. The highest BCUT2D eigenvalue weighted by Gasteiger charge is 2.48. The lowest BCUT2D eigenvalue weighted by Crippen LogP contribution is -2.46. The van der Waals surface area contributed by atoms with Crippen molar-refractivity contribution in [3.63, 3.8) is 0 Å². The van der Waals surface area contributed by atoms with Crippen molar-refractivity contribution in [3.05, 3.63) is 11.6 Å². The van der Waals surface area contributed by atoms with Gasteiger partial charge in [0.25, 0.3) is 0 Å². The number of rotatable bonds is 3. The molecule has 1 fully saturated rings. The van der Waals surface area contributed by atoms with Crippen LogP contribution < -0.4 is 0 Å². The zero-order valence-corrected chi connectivity index (χ0v) is 13.1. The number of carbonyl (C=O) groups excluding carboxylic acids is 2. The van der Waals surface area contributed by atoms with Gasteiger partial charge in [0.05, 0.1) is 12.0 Å². The largest absolute Gasteiger partial charge is 0.551 e. The Labute approximate surface area is 117 Å². The molecular formula is C15H22O3Si. The first-order valence-electron chi connectivity index (χ1n) is 6.92. The summed E-state index contributed by atoms with van der Waals surface area (Å²) < 4.78 is 5.81. The third-order valence-electron chi connectivity index (χ3n) is 5.04. The van der Waals surface area contributed by atoms with E-state index in [0.29, 0.717) is 12.3 Å². The van der Waals surface area contributed by atoms with E-state index in [1.165, 1.54) is 12.5 Å². The molecule has 2 aliphatic rings. The van der Waals surface area contributed by atoms with Gasteiger partial charge >= 0.3 is 0 Å². The quantitative estimate of drug-likeness (QED) is 0.583. The Balaban J connectivity index is 2.34. The first-order chi connectivity index (χ1) is 8.90. The number of carbonyl (C=O) groups is 2. The van der Waals surface area contributed by atoms with Gasteiger partial charge in [0, 0.05) is 5.92 Å².